The fourth-order valence-electron chi connectivity index (χ4n) is 4.57. The molecular formula is C25H21F5N4O3. The average molecular weight is 520 g/mol. The summed E-state index contributed by atoms with van der Waals surface area (Å²) in [7, 11) is 0. The van der Waals surface area contributed by atoms with Gasteiger partial charge >= 0.3 is 12.1 Å². The van der Waals surface area contributed by atoms with E-state index < -0.39 is 35.8 Å². The van der Waals surface area contributed by atoms with Crippen molar-refractivity contribution >= 4 is 17.3 Å². The molecule has 0 radical (unpaired) electrons. The molecule has 2 N–H and O–H groups in total. The van der Waals surface area contributed by atoms with Gasteiger partial charge in [-0.25, -0.2) is 8.78 Å². The molecule has 194 valence electrons. The van der Waals surface area contributed by atoms with Crippen molar-refractivity contribution in [2.75, 3.05) is 30.0 Å². The van der Waals surface area contributed by atoms with Crippen LogP contribution in [-0.2, 0) is 10.9 Å². The van der Waals surface area contributed by atoms with Crippen LogP contribution in [0.3, 0.4) is 0 Å². The van der Waals surface area contributed by atoms with E-state index in [1.807, 2.05) is 0 Å². The SMILES string of the molecule is Cc1ccc(NC(=O)c2ccnc(C(F)(F)F)c2)cc1-c1cnc2c(c1)N1CCOC[C@H]1C(F)(F)[C@@H]2O. The number of aromatic nitrogens is 2. The fraction of sp³-hybridized carbons (Fsp3) is 0.320. The topological polar surface area (TPSA) is 87.6 Å². The highest BCUT2D eigenvalue weighted by atomic mass is 19.4. The predicted molar refractivity (Wildman–Crippen MR) is 123 cm³/mol. The number of rotatable bonds is 3. The number of halogens is 5. The molecule has 2 aromatic heterocycles. The normalized spacial score (nSPS) is 20.7. The summed E-state index contributed by atoms with van der Waals surface area (Å²) in [4.78, 5) is 21.5. The third-order valence-corrected chi connectivity index (χ3v) is 6.52. The molecule has 2 aliphatic heterocycles. The van der Waals surface area contributed by atoms with Crippen LogP contribution in [0.5, 0.6) is 0 Å². The number of benzene rings is 1. The van der Waals surface area contributed by atoms with E-state index in [2.05, 4.69) is 15.3 Å². The second-order valence-corrected chi connectivity index (χ2v) is 8.90. The Morgan fingerprint density at radius 1 is 1.19 bits per heavy atom. The third kappa shape index (κ3) is 4.51. The zero-order chi connectivity index (χ0) is 26.5. The molecule has 0 bridgehead atoms. The van der Waals surface area contributed by atoms with Gasteiger partial charge in [0.15, 0.2) is 6.10 Å². The molecule has 4 heterocycles. The Bertz CT molecular complexity index is 1360. The number of fused-ring (bicyclic) bond motifs is 3. The molecule has 2 atom stereocenters. The van der Waals surface area contributed by atoms with Crippen LogP contribution in [0.15, 0.2) is 48.8 Å². The van der Waals surface area contributed by atoms with Gasteiger partial charge in [0.05, 0.1) is 24.6 Å². The summed E-state index contributed by atoms with van der Waals surface area (Å²) >= 11 is 0. The third-order valence-electron chi connectivity index (χ3n) is 6.52. The van der Waals surface area contributed by atoms with E-state index in [1.165, 1.54) is 17.2 Å². The Morgan fingerprint density at radius 2 is 1.97 bits per heavy atom. The van der Waals surface area contributed by atoms with Crippen LogP contribution in [0.1, 0.15) is 33.4 Å². The van der Waals surface area contributed by atoms with Gasteiger partial charge in [0.1, 0.15) is 11.7 Å². The number of anilines is 2. The molecule has 7 nitrogen and oxygen atoms in total. The van der Waals surface area contributed by atoms with Crippen molar-refractivity contribution < 1.29 is 36.6 Å². The molecule has 1 aromatic carbocycles. The number of aryl methyl sites for hydroxylation is 1. The fourth-order valence-corrected chi connectivity index (χ4v) is 4.57. The van der Waals surface area contributed by atoms with Gasteiger partial charge in [0.25, 0.3) is 5.91 Å². The number of nitrogens with one attached hydrogen (secondary N) is 1. The molecule has 3 aromatic rings. The van der Waals surface area contributed by atoms with Gasteiger partial charge < -0.3 is 20.1 Å². The summed E-state index contributed by atoms with van der Waals surface area (Å²) in [5.41, 5.74) is 1.11. The van der Waals surface area contributed by atoms with Crippen molar-refractivity contribution in [1.82, 2.24) is 9.97 Å². The predicted octanol–water partition coefficient (Wildman–Crippen LogP) is 4.61. The quantitative estimate of drug-likeness (QED) is 0.491. The molecule has 1 fully saturated rings. The lowest BCUT2D eigenvalue weighted by molar-refractivity contribution is -0.153. The zero-order valence-electron chi connectivity index (χ0n) is 19.4. The summed E-state index contributed by atoms with van der Waals surface area (Å²) in [6.07, 6.45) is -4.50. The van der Waals surface area contributed by atoms with Gasteiger partial charge in [0.2, 0.25) is 0 Å². The van der Waals surface area contributed by atoms with Gasteiger partial charge in [0, 0.05) is 35.8 Å². The van der Waals surface area contributed by atoms with Crippen molar-refractivity contribution in [2.24, 2.45) is 0 Å². The molecule has 1 saturated heterocycles. The highest BCUT2D eigenvalue weighted by Gasteiger charge is 2.56. The van der Waals surface area contributed by atoms with Crippen LogP contribution in [-0.4, -0.2) is 52.7 Å². The van der Waals surface area contributed by atoms with Gasteiger partial charge in [-0.2, -0.15) is 13.2 Å². The maximum atomic E-state index is 14.8. The lowest BCUT2D eigenvalue weighted by atomic mass is 9.91. The lowest BCUT2D eigenvalue weighted by Crippen LogP contribution is -2.60. The minimum Gasteiger partial charge on any atom is -0.380 e. The van der Waals surface area contributed by atoms with E-state index in [1.54, 1.807) is 31.2 Å². The number of aliphatic hydroxyl groups is 1. The largest absolute Gasteiger partial charge is 0.433 e. The summed E-state index contributed by atoms with van der Waals surface area (Å²) in [5.74, 6) is -4.20. The minimum absolute atomic E-state index is 0.132. The van der Waals surface area contributed by atoms with Crippen LogP contribution < -0.4 is 10.2 Å². The Labute approximate surface area is 207 Å². The van der Waals surface area contributed by atoms with E-state index >= 15 is 0 Å². The number of aliphatic hydroxyl groups excluding tert-OH is 1. The van der Waals surface area contributed by atoms with Crippen molar-refractivity contribution in [3.63, 3.8) is 0 Å². The first-order chi connectivity index (χ1) is 17.5. The number of hydrogen-bond donors (Lipinski definition) is 2. The number of pyridine rings is 2. The number of carbonyl (C=O) groups excluding carboxylic acids is 1. The number of nitrogens with zero attached hydrogens (tertiary/aromatic N) is 3. The first-order valence-corrected chi connectivity index (χ1v) is 11.3. The molecular weight excluding hydrogens is 499 g/mol. The Balaban J connectivity index is 1.47. The van der Waals surface area contributed by atoms with E-state index in [-0.39, 0.29) is 31.0 Å². The molecule has 0 spiro atoms. The first kappa shape index (κ1) is 25.0. The molecule has 37 heavy (non-hydrogen) atoms. The summed E-state index contributed by atoms with van der Waals surface area (Å²) in [6, 6.07) is 7.08. The first-order valence-electron chi connectivity index (χ1n) is 11.3. The average Bonchev–Trinajstić information content (AvgIpc) is 2.88. The van der Waals surface area contributed by atoms with Crippen LogP contribution in [0, 0.1) is 6.92 Å². The van der Waals surface area contributed by atoms with Crippen LogP contribution in [0.4, 0.5) is 33.3 Å². The molecule has 0 unspecified atom stereocenters. The standard InChI is InChI=1S/C25H21F5N4O3/c1-13-2-3-16(33-23(36)14-4-5-31-19(9-14)25(28,29)30)10-17(13)15-8-18-21(32-11-15)22(35)24(26,27)20-12-37-7-6-34(18)20/h2-5,8-11,20,22,35H,6-7,12H2,1H3,(H,33,36)/t20-,22+/m0/s1. The van der Waals surface area contributed by atoms with Crippen LogP contribution >= 0.6 is 0 Å². The van der Waals surface area contributed by atoms with Crippen molar-refractivity contribution in [3.8, 4) is 11.1 Å². The maximum Gasteiger partial charge on any atom is 0.433 e. The molecule has 0 aliphatic carbocycles. The highest BCUT2D eigenvalue weighted by molar-refractivity contribution is 6.04. The minimum atomic E-state index is -4.69. The van der Waals surface area contributed by atoms with E-state index in [0.29, 0.717) is 28.6 Å². The number of amides is 1. The second kappa shape index (κ2) is 9.03. The van der Waals surface area contributed by atoms with Gasteiger partial charge in [-0.05, 0) is 48.4 Å². The zero-order valence-corrected chi connectivity index (χ0v) is 19.4. The Hall–Kier alpha value is -3.64. The number of hydrogen-bond acceptors (Lipinski definition) is 6. The van der Waals surface area contributed by atoms with E-state index in [9.17, 15) is 31.9 Å². The van der Waals surface area contributed by atoms with Crippen LogP contribution in [0.2, 0.25) is 0 Å². The molecule has 5 rings (SSSR count). The number of carbonyl (C=O) groups is 1. The van der Waals surface area contributed by atoms with Crippen molar-refractivity contribution in [3.05, 3.63) is 71.3 Å². The number of ether oxygens (including phenoxy) is 1. The van der Waals surface area contributed by atoms with Gasteiger partial charge in [-0.15, -0.1) is 0 Å². The monoisotopic (exact) mass is 520 g/mol. The second-order valence-electron chi connectivity index (χ2n) is 8.90. The summed E-state index contributed by atoms with van der Waals surface area (Å²) in [6.45, 7) is 2.02. The van der Waals surface area contributed by atoms with E-state index in [0.717, 1.165) is 11.8 Å². The van der Waals surface area contributed by atoms with Crippen molar-refractivity contribution in [2.45, 2.75) is 31.2 Å². The summed E-state index contributed by atoms with van der Waals surface area (Å²) < 4.78 is 73.7. The Morgan fingerprint density at radius 3 is 2.73 bits per heavy atom. The maximum absolute atomic E-state index is 14.8. The Kier molecular flexibility index (Phi) is 6.11. The lowest BCUT2D eigenvalue weighted by Gasteiger charge is -2.47. The van der Waals surface area contributed by atoms with Gasteiger partial charge in [-0.1, -0.05) is 6.07 Å². The van der Waals surface area contributed by atoms with Gasteiger partial charge in [-0.3, -0.25) is 14.8 Å². The smallest absolute Gasteiger partial charge is 0.380 e. The molecule has 12 heteroatoms. The number of morpholine rings is 1. The van der Waals surface area contributed by atoms with Crippen molar-refractivity contribution in [1.29, 1.82) is 0 Å². The van der Waals surface area contributed by atoms with Crippen LogP contribution in [0.25, 0.3) is 11.1 Å². The summed E-state index contributed by atoms with van der Waals surface area (Å²) in [5, 5.41) is 12.9. The van der Waals surface area contributed by atoms with E-state index in [4.69, 9.17) is 4.74 Å². The highest BCUT2D eigenvalue weighted by Crippen LogP contribution is 2.47. The molecule has 0 saturated carbocycles. The molecule has 2 aliphatic rings. The molecule has 1 amide bonds. The number of alkyl halides is 5.